The minimum atomic E-state index is -0.241. The molecule has 2 aromatic carbocycles. The van der Waals surface area contributed by atoms with E-state index in [1.165, 1.54) is 0 Å². The Bertz CT molecular complexity index is 1180. The van der Waals surface area contributed by atoms with Gasteiger partial charge in [-0.2, -0.15) is 0 Å². The number of ether oxygens (including phenoxy) is 1. The van der Waals surface area contributed by atoms with Crippen LogP contribution in [0, 0.1) is 6.92 Å². The lowest BCUT2D eigenvalue weighted by atomic mass is 10.2. The lowest BCUT2D eigenvalue weighted by Gasteiger charge is -2.28. The molecule has 0 unspecified atom stereocenters. The topological polar surface area (TPSA) is 71.5 Å². The maximum atomic E-state index is 13.7. The third kappa shape index (κ3) is 5.51. The number of hydrogen-bond donors (Lipinski definition) is 0. The summed E-state index contributed by atoms with van der Waals surface area (Å²) in [7, 11) is 1.73. The van der Waals surface area contributed by atoms with Gasteiger partial charge in [-0.15, -0.1) is 0 Å². The van der Waals surface area contributed by atoms with E-state index in [1.807, 2.05) is 73.7 Å². The Labute approximate surface area is 193 Å². The highest BCUT2D eigenvalue weighted by atomic mass is 16.5. The summed E-state index contributed by atoms with van der Waals surface area (Å²) in [4.78, 5) is 29.8. The first-order chi connectivity index (χ1) is 16.1. The van der Waals surface area contributed by atoms with Crippen molar-refractivity contribution in [1.82, 2.24) is 15.0 Å². The van der Waals surface area contributed by atoms with Crippen molar-refractivity contribution < 1.29 is 9.53 Å². The molecule has 2 heterocycles. The van der Waals surface area contributed by atoms with E-state index in [4.69, 9.17) is 4.74 Å². The van der Waals surface area contributed by atoms with Crippen LogP contribution in [0.4, 0.5) is 16.3 Å². The highest BCUT2D eigenvalue weighted by Gasteiger charge is 2.24. The molecule has 7 heteroatoms. The molecule has 0 aliphatic carbocycles. The second-order valence-electron chi connectivity index (χ2n) is 7.55. The number of carbonyl (C=O) groups is 1. The normalized spacial score (nSPS) is 10.5. The first-order valence-electron chi connectivity index (χ1n) is 10.6. The van der Waals surface area contributed by atoms with E-state index in [1.54, 1.807) is 41.6 Å². The SMILES string of the molecule is Cc1cnc(N(Cc2ccccc2)C(=O)N(C)c2ccccc2OCc2cccnc2)cn1. The standard InChI is InChI=1S/C26H25N5O2/c1-20-15-29-25(17-28-20)31(18-21-9-4-3-5-10-21)26(32)30(2)23-12-6-7-13-24(23)33-19-22-11-8-14-27-16-22/h3-17H,18-19H2,1-2H3. The molecule has 0 saturated carbocycles. The van der Waals surface area contributed by atoms with Crippen LogP contribution in [0.1, 0.15) is 16.8 Å². The largest absolute Gasteiger partial charge is 0.487 e. The fraction of sp³-hybridized carbons (Fsp3) is 0.154. The van der Waals surface area contributed by atoms with Crippen LogP contribution in [0.3, 0.4) is 0 Å². The van der Waals surface area contributed by atoms with Crippen molar-refractivity contribution in [3.8, 4) is 5.75 Å². The number of anilines is 2. The summed E-state index contributed by atoms with van der Waals surface area (Å²) in [5.74, 6) is 1.09. The molecule has 0 radical (unpaired) electrons. The Hall–Kier alpha value is -4.26. The Balaban J connectivity index is 1.60. The number of pyridine rings is 1. The van der Waals surface area contributed by atoms with Gasteiger partial charge in [-0.25, -0.2) is 9.78 Å². The van der Waals surface area contributed by atoms with Gasteiger partial charge in [-0.3, -0.25) is 19.8 Å². The molecule has 0 saturated heterocycles. The van der Waals surface area contributed by atoms with Gasteiger partial charge >= 0.3 is 6.03 Å². The maximum Gasteiger partial charge on any atom is 0.330 e. The van der Waals surface area contributed by atoms with Crippen molar-refractivity contribution in [2.45, 2.75) is 20.1 Å². The van der Waals surface area contributed by atoms with Crippen LogP contribution in [0.25, 0.3) is 0 Å². The molecule has 0 spiro atoms. The number of para-hydroxylation sites is 2. The smallest absolute Gasteiger partial charge is 0.330 e. The van der Waals surface area contributed by atoms with Gasteiger partial charge in [0.25, 0.3) is 0 Å². The van der Waals surface area contributed by atoms with E-state index >= 15 is 0 Å². The summed E-state index contributed by atoms with van der Waals surface area (Å²) in [5, 5.41) is 0. The van der Waals surface area contributed by atoms with E-state index in [2.05, 4.69) is 15.0 Å². The third-order valence-corrected chi connectivity index (χ3v) is 5.09. The van der Waals surface area contributed by atoms with Gasteiger partial charge in [0, 0.05) is 25.0 Å². The molecule has 33 heavy (non-hydrogen) atoms. The molecule has 0 bridgehead atoms. The van der Waals surface area contributed by atoms with E-state index < -0.39 is 0 Å². The van der Waals surface area contributed by atoms with Crippen molar-refractivity contribution in [3.63, 3.8) is 0 Å². The van der Waals surface area contributed by atoms with E-state index in [-0.39, 0.29) is 6.03 Å². The Morgan fingerprint density at radius 1 is 0.879 bits per heavy atom. The van der Waals surface area contributed by atoms with Crippen LogP contribution in [-0.2, 0) is 13.2 Å². The van der Waals surface area contributed by atoms with Crippen molar-refractivity contribution in [1.29, 1.82) is 0 Å². The molecular formula is C26H25N5O2. The second kappa shape index (κ2) is 10.4. The van der Waals surface area contributed by atoms with E-state index in [9.17, 15) is 4.79 Å². The fourth-order valence-electron chi connectivity index (χ4n) is 3.32. The number of rotatable bonds is 7. The van der Waals surface area contributed by atoms with Gasteiger partial charge in [0.05, 0.1) is 30.3 Å². The number of aryl methyl sites for hydroxylation is 1. The van der Waals surface area contributed by atoms with Crippen molar-refractivity contribution in [2.24, 2.45) is 0 Å². The van der Waals surface area contributed by atoms with Crippen LogP contribution in [0.15, 0.2) is 91.5 Å². The fourth-order valence-corrected chi connectivity index (χ4v) is 3.32. The number of benzene rings is 2. The number of aromatic nitrogens is 3. The summed E-state index contributed by atoms with van der Waals surface area (Å²) in [5.41, 5.74) is 3.38. The molecule has 2 aromatic heterocycles. The highest BCUT2D eigenvalue weighted by molar-refractivity contribution is 6.03. The summed E-state index contributed by atoms with van der Waals surface area (Å²) in [6, 6.07) is 20.8. The van der Waals surface area contributed by atoms with Gasteiger partial charge in [0.1, 0.15) is 12.4 Å². The zero-order chi connectivity index (χ0) is 23.0. The van der Waals surface area contributed by atoms with Gasteiger partial charge in [0.2, 0.25) is 0 Å². The molecule has 4 rings (SSSR count). The summed E-state index contributed by atoms with van der Waals surface area (Å²) < 4.78 is 6.03. The van der Waals surface area contributed by atoms with Crippen LogP contribution < -0.4 is 14.5 Å². The van der Waals surface area contributed by atoms with Crippen LogP contribution in [0.2, 0.25) is 0 Å². The summed E-state index contributed by atoms with van der Waals surface area (Å²) in [6.07, 6.45) is 6.76. The minimum absolute atomic E-state index is 0.241. The minimum Gasteiger partial charge on any atom is -0.487 e. The lowest BCUT2D eigenvalue weighted by molar-refractivity contribution is 0.251. The molecule has 0 atom stereocenters. The van der Waals surface area contributed by atoms with Gasteiger partial charge in [-0.05, 0) is 30.7 Å². The Morgan fingerprint density at radius 2 is 1.64 bits per heavy atom. The quantitative estimate of drug-likeness (QED) is 0.404. The van der Waals surface area contributed by atoms with Gasteiger partial charge in [0.15, 0.2) is 5.82 Å². The lowest BCUT2D eigenvalue weighted by Crippen LogP contribution is -2.41. The van der Waals surface area contributed by atoms with Crippen LogP contribution in [0.5, 0.6) is 5.75 Å². The Kier molecular flexibility index (Phi) is 6.90. The third-order valence-electron chi connectivity index (χ3n) is 5.09. The highest BCUT2D eigenvalue weighted by Crippen LogP contribution is 2.29. The number of carbonyl (C=O) groups excluding carboxylic acids is 1. The molecule has 166 valence electrons. The van der Waals surface area contributed by atoms with E-state index in [0.29, 0.717) is 30.4 Å². The molecule has 0 fully saturated rings. The summed E-state index contributed by atoms with van der Waals surface area (Å²) >= 11 is 0. The first kappa shape index (κ1) is 22.0. The molecule has 2 amide bonds. The predicted molar refractivity (Wildman–Crippen MR) is 128 cm³/mol. The maximum absolute atomic E-state index is 13.7. The average Bonchev–Trinajstić information content (AvgIpc) is 2.87. The van der Waals surface area contributed by atoms with Crippen molar-refractivity contribution >= 4 is 17.5 Å². The number of nitrogens with zero attached hydrogens (tertiary/aromatic N) is 5. The molecule has 0 aliphatic rings. The molecule has 4 aromatic rings. The monoisotopic (exact) mass is 439 g/mol. The van der Waals surface area contributed by atoms with Crippen molar-refractivity contribution in [3.05, 3.63) is 108 Å². The van der Waals surface area contributed by atoms with Crippen molar-refractivity contribution in [2.75, 3.05) is 16.8 Å². The van der Waals surface area contributed by atoms with E-state index in [0.717, 1.165) is 16.8 Å². The zero-order valence-corrected chi connectivity index (χ0v) is 18.6. The predicted octanol–water partition coefficient (Wildman–Crippen LogP) is 5.02. The summed E-state index contributed by atoms with van der Waals surface area (Å²) in [6.45, 7) is 2.58. The Morgan fingerprint density at radius 3 is 2.36 bits per heavy atom. The van der Waals surface area contributed by atoms with Gasteiger partial charge in [-0.1, -0.05) is 48.5 Å². The number of urea groups is 1. The molecule has 0 N–H and O–H groups in total. The van der Waals surface area contributed by atoms with Crippen LogP contribution >= 0.6 is 0 Å². The second-order valence-corrected chi connectivity index (χ2v) is 7.55. The molecule has 0 aliphatic heterocycles. The van der Waals surface area contributed by atoms with Gasteiger partial charge < -0.3 is 4.74 Å². The molecule has 7 nitrogen and oxygen atoms in total. The van der Waals surface area contributed by atoms with Crippen LogP contribution in [-0.4, -0.2) is 28.0 Å². The average molecular weight is 440 g/mol. The molecular weight excluding hydrogens is 414 g/mol. The zero-order valence-electron chi connectivity index (χ0n) is 18.6. The number of hydrogen-bond acceptors (Lipinski definition) is 5. The number of amides is 2. The first-order valence-corrected chi connectivity index (χ1v) is 10.6.